The number of nitrogens with zero attached hydrogens (tertiary/aromatic N) is 1. The fourth-order valence-electron chi connectivity index (χ4n) is 2.36. The minimum absolute atomic E-state index is 0.859. The van der Waals surface area contributed by atoms with Gasteiger partial charge in [0.25, 0.3) is 0 Å². The molecule has 0 bridgehead atoms. The highest BCUT2D eigenvalue weighted by atomic mass is 16.3. The molecular weight excluding hydrogens is 222 g/mol. The number of aromatic nitrogens is 1. The van der Waals surface area contributed by atoms with Crippen molar-refractivity contribution in [2.75, 3.05) is 0 Å². The molecule has 0 saturated heterocycles. The van der Waals surface area contributed by atoms with E-state index in [0.717, 1.165) is 22.4 Å². The Morgan fingerprint density at radius 3 is 2.44 bits per heavy atom. The second-order valence-electron chi connectivity index (χ2n) is 4.37. The minimum Gasteiger partial charge on any atom is -0.440 e. The molecule has 0 fully saturated rings. The molecule has 0 aliphatic heterocycles. The van der Waals surface area contributed by atoms with Crippen molar-refractivity contribution in [1.29, 1.82) is 0 Å². The minimum atomic E-state index is 0.859. The molecular formula is C16H11NO. The van der Waals surface area contributed by atoms with Gasteiger partial charge in [0.2, 0.25) is 5.88 Å². The molecule has 0 N–H and O–H groups in total. The first-order chi connectivity index (χ1) is 8.92. The zero-order chi connectivity index (χ0) is 11.9. The predicted octanol–water partition coefficient (Wildman–Crippen LogP) is 4.38. The molecule has 2 aromatic carbocycles. The molecule has 0 amide bonds. The third-order valence-electron chi connectivity index (χ3n) is 3.25. The fourth-order valence-corrected chi connectivity index (χ4v) is 2.36. The predicted molar refractivity (Wildman–Crippen MR) is 73.0 cm³/mol. The highest BCUT2D eigenvalue weighted by Crippen LogP contribution is 2.25. The van der Waals surface area contributed by atoms with Gasteiger partial charge in [-0.1, -0.05) is 36.4 Å². The van der Waals surface area contributed by atoms with Gasteiger partial charge in [-0.15, -0.1) is 0 Å². The van der Waals surface area contributed by atoms with Crippen LogP contribution in [-0.4, -0.2) is 4.57 Å². The van der Waals surface area contributed by atoms with E-state index < -0.39 is 0 Å². The van der Waals surface area contributed by atoms with E-state index in [4.69, 9.17) is 4.42 Å². The SMILES string of the molecule is c1ccc2oc(-n3ccc4ccccc43)cc2c1. The highest BCUT2D eigenvalue weighted by molar-refractivity contribution is 5.84. The quantitative estimate of drug-likeness (QED) is 0.477. The van der Waals surface area contributed by atoms with Crippen LogP contribution in [0.2, 0.25) is 0 Å². The lowest BCUT2D eigenvalue weighted by atomic mass is 10.2. The summed E-state index contributed by atoms with van der Waals surface area (Å²) in [6.07, 6.45) is 2.04. The maximum Gasteiger partial charge on any atom is 0.205 e. The fraction of sp³-hybridized carbons (Fsp3) is 0. The van der Waals surface area contributed by atoms with Crippen molar-refractivity contribution >= 4 is 21.9 Å². The van der Waals surface area contributed by atoms with Crippen molar-refractivity contribution < 1.29 is 4.42 Å². The number of rotatable bonds is 1. The Labute approximate surface area is 104 Å². The Bertz CT molecular complexity index is 805. The summed E-state index contributed by atoms with van der Waals surface area (Å²) in [5.41, 5.74) is 2.09. The zero-order valence-corrected chi connectivity index (χ0v) is 9.71. The molecule has 4 aromatic rings. The summed E-state index contributed by atoms with van der Waals surface area (Å²) >= 11 is 0. The molecule has 0 aliphatic rings. The van der Waals surface area contributed by atoms with Crippen LogP contribution in [0, 0.1) is 0 Å². The van der Waals surface area contributed by atoms with E-state index >= 15 is 0 Å². The molecule has 4 rings (SSSR count). The summed E-state index contributed by atoms with van der Waals surface area (Å²) in [7, 11) is 0. The number of hydrogen-bond donors (Lipinski definition) is 0. The van der Waals surface area contributed by atoms with Crippen LogP contribution in [0.5, 0.6) is 0 Å². The summed E-state index contributed by atoms with van der Waals surface area (Å²) in [5, 5.41) is 2.35. The molecule has 0 saturated carbocycles. The first-order valence-corrected chi connectivity index (χ1v) is 5.97. The average molecular weight is 233 g/mol. The Hall–Kier alpha value is -2.48. The largest absolute Gasteiger partial charge is 0.440 e. The Balaban J connectivity index is 2.01. The van der Waals surface area contributed by atoms with E-state index in [2.05, 4.69) is 34.9 Å². The third-order valence-corrected chi connectivity index (χ3v) is 3.25. The smallest absolute Gasteiger partial charge is 0.205 e. The first-order valence-electron chi connectivity index (χ1n) is 5.97. The van der Waals surface area contributed by atoms with Crippen LogP contribution in [0.15, 0.2) is 71.3 Å². The van der Waals surface area contributed by atoms with Gasteiger partial charge in [-0.3, -0.25) is 4.57 Å². The van der Waals surface area contributed by atoms with Gasteiger partial charge < -0.3 is 4.42 Å². The van der Waals surface area contributed by atoms with E-state index in [1.165, 1.54) is 5.39 Å². The van der Waals surface area contributed by atoms with E-state index in [1.807, 2.05) is 36.5 Å². The number of hydrogen-bond acceptors (Lipinski definition) is 1. The Kier molecular flexibility index (Phi) is 1.86. The average Bonchev–Trinajstić information content (AvgIpc) is 3.02. The summed E-state index contributed by atoms with van der Waals surface area (Å²) in [6, 6.07) is 20.5. The van der Waals surface area contributed by atoms with Crippen LogP contribution < -0.4 is 0 Å². The van der Waals surface area contributed by atoms with E-state index in [9.17, 15) is 0 Å². The molecule has 0 atom stereocenters. The van der Waals surface area contributed by atoms with Crippen LogP contribution >= 0.6 is 0 Å². The molecule has 0 aliphatic carbocycles. The zero-order valence-electron chi connectivity index (χ0n) is 9.71. The van der Waals surface area contributed by atoms with E-state index in [-0.39, 0.29) is 0 Å². The lowest BCUT2D eigenvalue weighted by molar-refractivity contribution is 0.585. The van der Waals surface area contributed by atoms with Crippen molar-refractivity contribution in [1.82, 2.24) is 4.57 Å². The monoisotopic (exact) mass is 233 g/mol. The summed E-state index contributed by atoms with van der Waals surface area (Å²) in [6.45, 7) is 0. The van der Waals surface area contributed by atoms with E-state index in [1.54, 1.807) is 0 Å². The number of para-hydroxylation sites is 2. The molecule has 0 unspecified atom stereocenters. The summed E-state index contributed by atoms with van der Waals surface area (Å²) in [4.78, 5) is 0. The maximum absolute atomic E-state index is 5.88. The van der Waals surface area contributed by atoms with Gasteiger partial charge in [0, 0.05) is 23.0 Å². The van der Waals surface area contributed by atoms with Gasteiger partial charge >= 0.3 is 0 Å². The molecule has 0 radical (unpaired) electrons. The molecule has 0 spiro atoms. The third kappa shape index (κ3) is 1.29. The first kappa shape index (κ1) is 9.54. The van der Waals surface area contributed by atoms with Gasteiger partial charge in [-0.2, -0.15) is 0 Å². The number of benzene rings is 2. The Morgan fingerprint density at radius 1 is 0.778 bits per heavy atom. The van der Waals surface area contributed by atoms with Crippen LogP contribution in [0.4, 0.5) is 0 Å². The van der Waals surface area contributed by atoms with Crippen molar-refractivity contribution in [3.8, 4) is 5.88 Å². The molecule has 2 nitrogen and oxygen atoms in total. The van der Waals surface area contributed by atoms with Crippen molar-refractivity contribution in [2.45, 2.75) is 0 Å². The molecule has 18 heavy (non-hydrogen) atoms. The highest BCUT2D eigenvalue weighted by Gasteiger charge is 2.07. The van der Waals surface area contributed by atoms with Gasteiger partial charge in [-0.25, -0.2) is 0 Å². The van der Waals surface area contributed by atoms with Crippen molar-refractivity contribution in [3.05, 3.63) is 66.9 Å². The van der Waals surface area contributed by atoms with Gasteiger partial charge in [-0.05, 0) is 18.2 Å². The normalized spacial score (nSPS) is 11.3. The second kappa shape index (κ2) is 3.50. The topological polar surface area (TPSA) is 18.1 Å². The van der Waals surface area contributed by atoms with Crippen molar-refractivity contribution in [3.63, 3.8) is 0 Å². The second-order valence-corrected chi connectivity index (χ2v) is 4.37. The lowest BCUT2D eigenvalue weighted by Crippen LogP contribution is -1.87. The molecule has 86 valence electrons. The number of fused-ring (bicyclic) bond motifs is 2. The standard InChI is InChI=1S/C16H11NO/c1-3-7-14-12(5-1)9-10-17(14)16-11-13-6-2-4-8-15(13)18-16/h1-11H. The van der Waals surface area contributed by atoms with E-state index in [0.29, 0.717) is 0 Å². The Morgan fingerprint density at radius 2 is 1.56 bits per heavy atom. The van der Waals surface area contributed by atoms with Crippen LogP contribution in [-0.2, 0) is 0 Å². The van der Waals surface area contributed by atoms with Crippen LogP contribution in [0.3, 0.4) is 0 Å². The summed E-state index contributed by atoms with van der Waals surface area (Å²) < 4.78 is 7.96. The van der Waals surface area contributed by atoms with Gasteiger partial charge in [0.15, 0.2) is 0 Å². The lowest BCUT2D eigenvalue weighted by Gasteiger charge is -1.99. The van der Waals surface area contributed by atoms with Crippen LogP contribution in [0.25, 0.3) is 27.8 Å². The number of furan rings is 1. The molecule has 2 heterocycles. The van der Waals surface area contributed by atoms with Gasteiger partial charge in [0.05, 0.1) is 5.52 Å². The van der Waals surface area contributed by atoms with Gasteiger partial charge in [0.1, 0.15) is 5.58 Å². The summed E-state index contributed by atoms with van der Waals surface area (Å²) in [5.74, 6) is 0.859. The molecule has 2 aromatic heterocycles. The van der Waals surface area contributed by atoms with Crippen molar-refractivity contribution in [2.24, 2.45) is 0 Å². The maximum atomic E-state index is 5.88. The molecule has 2 heteroatoms. The van der Waals surface area contributed by atoms with Crippen LogP contribution in [0.1, 0.15) is 0 Å².